The van der Waals surface area contributed by atoms with E-state index in [1.54, 1.807) is 6.20 Å². The van der Waals surface area contributed by atoms with Crippen molar-refractivity contribution < 1.29 is 4.79 Å². The molecule has 172 valence electrons. The van der Waals surface area contributed by atoms with Gasteiger partial charge in [-0.3, -0.25) is 4.79 Å². The minimum atomic E-state index is 0.226. The Morgan fingerprint density at radius 1 is 1.15 bits per heavy atom. The van der Waals surface area contributed by atoms with Gasteiger partial charge in [-0.2, -0.15) is 0 Å². The summed E-state index contributed by atoms with van der Waals surface area (Å²) >= 11 is 0. The van der Waals surface area contributed by atoms with Gasteiger partial charge in [0.05, 0.1) is 5.69 Å². The van der Waals surface area contributed by atoms with Crippen LogP contribution < -0.4 is 10.2 Å². The highest BCUT2D eigenvalue weighted by Crippen LogP contribution is 2.27. The topological polar surface area (TPSA) is 74.2 Å². The summed E-state index contributed by atoms with van der Waals surface area (Å²) in [6.45, 7) is 4.41. The third-order valence-corrected chi connectivity index (χ3v) is 6.10. The number of nitrogens with zero attached hydrogens (tertiary/aromatic N) is 5. The molecule has 3 aromatic rings. The fraction of sp³-hybridized carbons (Fsp3) is 0.385. The van der Waals surface area contributed by atoms with Crippen LogP contribution in [0.5, 0.6) is 0 Å². The van der Waals surface area contributed by atoms with E-state index in [0.717, 1.165) is 49.4 Å². The van der Waals surface area contributed by atoms with Crippen molar-refractivity contribution >= 4 is 23.4 Å². The van der Waals surface area contributed by atoms with Crippen LogP contribution in [0, 0.1) is 6.92 Å². The lowest BCUT2D eigenvalue weighted by Gasteiger charge is -2.33. The Hall–Kier alpha value is -3.48. The van der Waals surface area contributed by atoms with Crippen molar-refractivity contribution in [1.29, 1.82) is 0 Å². The number of anilines is 3. The predicted octanol–water partition coefficient (Wildman–Crippen LogP) is 4.55. The fourth-order valence-electron chi connectivity index (χ4n) is 4.20. The van der Waals surface area contributed by atoms with Crippen molar-refractivity contribution in [2.45, 2.75) is 38.5 Å². The number of hydrogen-bond donors (Lipinski definition) is 1. The number of aryl methyl sites for hydroxylation is 1. The van der Waals surface area contributed by atoms with Gasteiger partial charge < -0.3 is 15.1 Å². The minimum Gasteiger partial charge on any atom is -0.375 e. The number of likely N-dealkylation sites (tertiary alicyclic amines) is 1. The smallest absolute Gasteiger partial charge is 0.228 e. The van der Waals surface area contributed by atoms with Gasteiger partial charge in [-0.15, -0.1) is 0 Å². The van der Waals surface area contributed by atoms with Crippen LogP contribution in [0.4, 0.5) is 17.5 Å². The number of benzene rings is 1. The molecule has 1 atom stereocenters. The molecular weight excluding hydrogens is 412 g/mol. The lowest BCUT2D eigenvalue weighted by molar-refractivity contribution is -0.132. The maximum absolute atomic E-state index is 12.9. The second-order valence-electron chi connectivity index (χ2n) is 8.69. The van der Waals surface area contributed by atoms with Crippen LogP contribution in [0.15, 0.2) is 60.9 Å². The molecule has 1 saturated heterocycles. The van der Waals surface area contributed by atoms with E-state index in [1.807, 2.05) is 54.4 Å². The molecule has 0 bridgehead atoms. The number of piperidine rings is 1. The van der Waals surface area contributed by atoms with Gasteiger partial charge in [0, 0.05) is 57.1 Å². The van der Waals surface area contributed by atoms with Crippen LogP contribution in [0.25, 0.3) is 0 Å². The Bertz CT molecular complexity index is 1040. The molecule has 0 radical (unpaired) electrons. The van der Waals surface area contributed by atoms with Crippen molar-refractivity contribution in [3.63, 3.8) is 0 Å². The molecule has 4 rings (SSSR count). The van der Waals surface area contributed by atoms with Gasteiger partial charge in [-0.05, 0) is 56.0 Å². The van der Waals surface area contributed by atoms with E-state index in [0.29, 0.717) is 18.9 Å². The Morgan fingerprint density at radius 2 is 2.00 bits per heavy atom. The first-order valence-electron chi connectivity index (χ1n) is 11.6. The summed E-state index contributed by atoms with van der Waals surface area (Å²) in [6.07, 6.45) is 7.02. The van der Waals surface area contributed by atoms with Crippen LogP contribution in [0.1, 0.15) is 42.9 Å². The monoisotopic (exact) mass is 444 g/mol. The van der Waals surface area contributed by atoms with Gasteiger partial charge in [0.25, 0.3) is 0 Å². The molecule has 0 spiro atoms. The zero-order valence-corrected chi connectivity index (χ0v) is 19.4. The Kier molecular flexibility index (Phi) is 7.50. The summed E-state index contributed by atoms with van der Waals surface area (Å²) in [7, 11) is 2.07. The quantitative estimate of drug-likeness (QED) is 0.550. The van der Waals surface area contributed by atoms with Crippen LogP contribution >= 0.6 is 0 Å². The molecule has 0 aliphatic carbocycles. The summed E-state index contributed by atoms with van der Waals surface area (Å²) in [5.41, 5.74) is 3.26. The summed E-state index contributed by atoms with van der Waals surface area (Å²) < 4.78 is 0. The number of carbonyl (C=O) groups is 1. The number of nitrogens with one attached hydrogen (secondary N) is 1. The van der Waals surface area contributed by atoms with E-state index in [-0.39, 0.29) is 11.8 Å². The first-order valence-corrected chi connectivity index (χ1v) is 11.6. The highest BCUT2D eigenvalue weighted by atomic mass is 16.2. The summed E-state index contributed by atoms with van der Waals surface area (Å²) in [4.78, 5) is 30.5. The largest absolute Gasteiger partial charge is 0.375 e. The fourth-order valence-corrected chi connectivity index (χ4v) is 4.20. The van der Waals surface area contributed by atoms with Gasteiger partial charge in [-0.25, -0.2) is 15.0 Å². The Morgan fingerprint density at radius 3 is 2.79 bits per heavy atom. The second kappa shape index (κ2) is 10.9. The van der Waals surface area contributed by atoms with E-state index in [1.165, 1.54) is 5.69 Å². The zero-order chi connectivity index (χ0) is 23.0. The van der Waals surface area contributed by atoms with E-state index < -0.39 is 0 Å². The van der Waals surface area contributed by atoms with E-state index >= 15 is 0 Å². The maximum atomic E-state index is 12.9. The van der Waals surface area contributed by atoms with Crippen LogP contribution in [-0.2, 0) is 4.79 Å². The van der Waals surface area contributed by atoms with Gasteiger partial charge in [0.15, 0.2) is 0 Å². The lowest BCUT2D eigenvalue weighted by atomic mass is 9.94. The Balaban J connectivity index is 1.30. The molecule has 1 aliphatic rings. The van der Waals surface area contributed by atoms with Gasteiger partial charge in [0.1, 0.15) is 5.82 Å². The number of rotatable bonds is 8. The van der Waals surface area contributed by atoms with Crippen molar-refractivity contribution in [2.24, 2.45) is 0 Å². The summed E-state index contributed by atoms with van der Waals surface area (Å²) in [6, 6.07) is 16.2. The third kappa shape index (κ3) is 6.28. The molecule has 0 saturated carbocycles. The maximum Gasteiger partial charge on any atom is 0.228 e. The average molecular weight is 445 g/mol. The molecule has 1 amide bonds. The molecule has 33 heavy (non-hydrogen) atoms. The first-order chi connectivity index (χ1) is 16.1. The molecule has 1 N–H and O–H groups in total. The summed E-state index contributed by atoms with van der Waals surface area (Å²) in [5.74, 6) is 1.72. The average Bonchev–Trinajstić information content (AvgIpc) is 2.86. The molecule has 1 unspecified atom stereocenters. The number of aromatic nitrogens is 3. The number of pyridine rings is 1. The summed E-state index contributed by atoms with van der Waals surface area (Å²) in [5, 5.41) is 3.18. The molecule has 7 nitrogen and oxygen atoms in total. The molecule has 1 aliphatic heterocycles. The molecular formula is C26H32N6O. The van der Waals surface area contributed by atoms with Crippen molar-refractivity contribution in [1.82, 2.24) is 19.9 Å². The van der Waals surface area contributed by atoms with E-state index in [9.17, 15) is 4.79 Å². The SMILES string of the molecule is Cc1ccc(Nc2nccc(C3CCCN(C(=O)CCCN(C)c4ccccc4)C3)n2)nc1. The zero-order valence-electron chi connectivity index (χ0n) is 19.4. The van der Waals surface area contributed by atoms with Gasteiger partial charge in [-0.1, -0.05) is 24.3 Å². The van der Waals surface area contributed by atoms with Crippen molar-refractivity contribution in [2.75, 3.05) is 36.9 Å². The predicted molar refractivity (Wildman–Crippen MR) is 132 cm³/mol. The normalized spacial score (nSPS) is 15.8. The number of amides is 1. The van der Waals surface area contributed by atoms with Crippen LogP contribution in [0.2, 0.25) is 0 Å². The molecule has 7 heteroatoms. The number of para-hydroxylation sites is 1. The Labute approximate surface area is 195 Å². The third-order valence-electron chi connectivity index (χ3n) is 6.10. The molecule has 2 aromatic heterocycles. The van der Waals surface area contributed by atoms with Crippen molar-refractivity contribution in [3.8, 4) is 0 Å². The van der Waals surface area contributed by atoms with E-state index in [2.05, 4.69) is 39.4 Å². The standard InChI is InChI=1S/C26H32N6O/c1-20-12-13-24(28-18-20)30-26-27-15-14-23(29-26)21-8-6-17-32(19-21)25(33)11-7-16-31(2)22-9-4-3-5-10-22/h3-5,9-10,12-15,18,21H,6-8,11,16-17,19H2,1-2H3,(H,27,28,29,30). The molecule has 3 heterocycles. The highest BCUT2D eigenvalue weighted by molar-refractivity contribution is 5.76. The first kappa shape index (κ1) is 22.7. The highest BCUT2D eigenvalue weighted by Gasteiger charge is 2.25. The van der Waals surface area contributed by atoms with Gasteiger partial charge >= 0.3 is 0 Å². The van der Waals surface area contributed by atoms with Crippen LogP contribution in [0.3, 0.4) is 0 Å². The van der Waals surface area contributed by atoms with Crippen molar-refractivity contribution in [3.05, 3.63) is 72.2 Å². The van der Waals surface area contributed by atoms with Crippen LogP contribution in [-0.4, -0.2) is 52.4 Å². The second-order valence-corrected chi connectivity index (χ2v) is 8.69. The van der Waals surface area contributed by atoms with E-state index in [4.69, 9.17) is 4.98 Å². The minimum absolute atomic E-state index is 0.226. The molecule has 1 fully saturated rings. The van der Waals surface area contributed by atoms with Gasteiger partial charge in [0.2, 0.25) is 11.9 Å². The number of hydrogen-bond acceptors (Lipinski definition) is 6. The lowest BCUT2D eigenvalue weighted by Crippen LogP contribution is -2.39. The number of carbonyl (C=O) groups excluding carboxylic acids is 1. The molecule has 1 aromatic carbocycles.